The van der Waals surface area contributed by atoms with Gasteiger partial charge in [0.2, 0.25) is 0 Å². The summed E-state index contributed by atoms with van der Waals surface area (Å²) in [6.45, 7) is 6.29. The summed E-state index contributed by atoms with van der Waals surface area (Å²) in [5.41, 5.74) is 1.27. The molecule has 0 atom stereocenters. The maximum absolute atomic E-state index is 6.06. The first kappa shape index (κ1) is 14.1. The second-order valence-electron chi connectivity index (χ2n) is 5.67. The van der Waals surface area contributed by atoms with Gasteiger partial charge in [0.1, 0.15) is 24.5 Å². The molecule has 0 bridgehead atoms. The lowest BCUT2D eigenvalue weighted by Gasteiger charge is -2.32. The van der Waals surface area contributed by atoms with E-state index in [1.54, 1.807) is 12.7 Å². The molecule has 0 aliphatic carbocycles. The van der Waals surface area contributed by atoms with Gasteiger partial charge < -0.3 is 14.2 Å². The lowest BCUT2D eigenvalue weighted by Crippen LogP contribution is -2.39. The van der Waals surface area contributed by atoms with Crippen molar-refractivity contribution >= 4 is 0 Å². The van der Waals surface area contributed by atoms with E-state index in [0.717, 1.165) is 44.8 Å². The number of aryl methyl sites for hydroxylation is 1. The highest BCUT2D eigenvalue weighted by Crippen LogP contribution is 2.19. The van der Waals surface area contributed by atoms with Crippen molar-refractivity contribution in [2.45, 2.75) is 32.4 Å². The molecule has 0 radical (unpaired) electrons. The molecule has 1 aromatic heterocycles. The maximum Gasteiger partial charge on any atom is 0.119 e. The van der Waals surface area contributed by atoms with E-state index in [2.05, 4.69) is 46.3 Å². The van der Waals surface area contributed by atoms with Crippen molar-refractivity contribution in [1.82, 2.24) is 19.7 Å². The van der Waals surface area contributed by atoms with Crippen LogP contribution in [0.15, 0.2) is 36.9 Å². The van der Waals surface area contributed by atoms with Crippen LogP contribution in [0.3, 0.4) is 0 Å². The normalized spacial score (nSPS) is 17.0. The lowest BCUT2D eigenvalue weighted by molar-refractivity contribution is 0.0985. The van der Waals surface area contributed by atoms with E-state index in [4.69, 9.17) is 4.74 Å². The van der Waals surface area contributed by atoms with E-state index in [-0.39, 0.29) is 0 Å². The van der Waals surface area contributed by atoms with Crippen molar-refractivity contribution in [3.63, 3.8) is 0 Å². The second kappa shape index (κ2) is 6.72. The van der Waals surface area contributed by atoms with Gasteiger partial charge in [-0.25, -0.2) is 0 Å². The SMILES string of the molecule is Cc1ccc(OC2CCN(CCn3cnnc3)CC2)cc1. The average Bonchev–Trinajstić information content (AvgIpc) is 3.02. The number of ether oxygens (including phenoxy) is 1. The Kier molecular flexibility index (Phi) is 4.50. The van der Waals surface area contributed by atoms with Crippen molar-refractivity contribution in [2.75, 3.05) is 19.6 Å². The van der Waals surface area contributed by atoms with Gasteiger partial charge in [-0.2, -0.15) is 0 Å². The zero-order valence-corrected chi connectivity index (χ0v) is 12.5. The monoisotopic (exact) mass is 286 g/mol. The fourth-order valence-electron chi connectivity index (χ4n) is 2.65. The van der Waals surface area contributed by atoms with Gasteiger partial charge in [0.25, 0.3) is 0 Å². The standard InChI is InChI=1S/C16H22N4O/c1-14-2-4-15(5-3-14)21-16-6-8-19(9-7-16)10-11-20-12-17-18-13-20/h2-5,12-13,16H,6-11H2,1H3. The zero-order valence-electron chi connectivity index (χ0n) is 12.5. The van der Waals surface area contributed by atoms with Crippen LogP contribution in [0.4, 0.5) is 0 Å². The van der Waals surface area contributed by atoms with Crippen molar-refractivity contribution in [2.24, 2.45) is 0 Å². The van der Waals surface area contributed by atoms with Crippen molar-refractivity contribution in [3.8, 4) is 5.75 Å². The minimum absolute atomic E-state index is 0.346. The van der Waals surface area contributed by atoms with Crippen LogP contribution < -0.4 is 4.74 Å². The molecule has 5 nitrogen and oxygen atoms in total. The molecule has 1 aliphatic rings. The Morgan fingerprint density at radius 1 is 1.05 bits per heavy atom. The van der Waals surface area contributed by atoms with Gasteiger partial charge in [-0.3, -0.25) is 0 Å². The van der Waals surface area contributed by atoms with E-state index in [1.165, 1.54) is 5.56 Å². The van der Waals surface area contributed by atoms with Gasteiger partial charge >= 0.3 is 0 Å². The first-order chi connectivity index (χ1) is 10.3. The highest BCUT2D eigenvalue weighted by atomic mass is 16.5. The van der Waals surface area contributed by atoms with E-state index < -0.39 is 0 Å². The molecular formula is C16H22N4O. The topological polar surface area (TPSA) is 43.2 Å². The molecule has 0 unspecified atom stereocenters. The van der Waals surface area contributed by atoms with E-state index >= 15 is 0 Å². The molecule has 0 amide bonds. The number of hydrogen-bond acceptors (Lipinski definition) is 4. The first-order valence-corrected chi connectivity index (χ1v) is 7.58. The van der Waals surface area contributed by atoms with Crippen LogP contribution in [0.5, 0.6) is 5.75 Å². The van der Waals surface area contributed by atoms with Crippen LogP contribution in [0.1, 0.15) is 18.4 Å². The zero-order chi connectivity index (χ0) is 14.5. The minimum Gasteiger partial charge on any atom is -0.490 e. The van der Waals surface area contributed by atoms with E-state index in [9.17, 15) is 0 Å². The third-order valence-electron chi connectivity index (χ3n) is 4.00. The molecule has 0 N–H and O–H groups in total. The average molecular weight is 286 g/mol. The molecule has 1 aliphatic heterocycles. The number of rotatable bonds is 5. The Hall–Kier alpha value is -1.88. The Balaban J connectivity index is 1.41. The maximum atomic E-state index is 6.06. The highest BCUT2D eigenvalue weighted by molar-refractivity contribution is 5.26. The summed E-state index contributed by atoms with van der Waals surface area (Å²) in [5.74, 6) is 0.989. The van der Waals surface area contributed by atoms with Gasteiger partial charge in [-0.1, -0.05) is 17.7 Å². The summed E-state index contributed by atoms with van der Waals surface area (Å²) >= 11 is 0. The molecule has 1 aromatic carbocycles. The third-order valence-corrected chi connectivity index (χ3v) is 4.00. The molecule has 1 saturated heterocycles. The number of nitrogens with zero attached hydrogens (tertiary/aromatic N) is 4. The van der Waals surface area contributed by atoms with Gasteiger partial charge in [0.15, 0.2) is 0 Å². The smallest absolute Gasteiger partial charge is 0.119 e. The summed E-state index contributed by atoms with van der Waals surface area (Å²) in [5, 5.41) is 7.65. The Bertz CT molecular complexity index is 530. The van der Waals surface area contributed by atoms with Crippen molar-refractivity contribution in [3.05, 3.63) is 42.5 Å². The van der Waals surface area contributed by atoms with Gasteiger partial charge in [-0.15, -0.1) is 10.2 Å². The molecule has 3 rings (SSSR count). The largest absolute Gasteiger partial charge is 0.490 e. The van der Waals surface area contributed by atoms with Crippen LogP contribution in [0.2, 0.25) is 0 Å². The summed E-state index contributed by atoms with van der Waals surface area (Å²) in [7, 11) is 0. The molecule has 21 heavy (non-hydrogen) atoms. The molecule has 5 heteroatoms. The molecule has 2 aromatic rings. The Morgan fingerprint density at radius 3 is 2.38 bits per heavy atom. The number of hydrogen-bond donors (Lipinski definition) is 0. The van der Waals surface area contributed by atoms with Crippen LogP contribution in [0.25, 0.3) is 0 Å². The minimum atomic E-state index is 0.346. The lowest BCUT2D eigenvalue weighted by atomic mass is 10.1. The summed E-state index contributed by atoms with van der Waals surface area (Å²) < 4.78 is 8.08. The fraction of sp³-hybridized carbons (Fsp3) is 0.500. The molecule has 0 spiro atoms. The van der Waals surface area contributed by atoms with E-state index in [0.29, 0.717) is 6.10 Å². The summed E-state index contributed by atoms with van der Waals surface area (Å²) in [4.78, 5) is 2.48. The number of likely N-dealkylation sites (tertiary alicyclic amines) is 1. The first-order valence-electron chi connectivity index (χ1n) is 7.58. The van der Waals surface area contributed by atoms with Gasteiger partial charge in [-0.05, 0) is 31.9 Å². The Morgan fingerprint density at radius 2 is 1.71 bits per heavy atom. The van der Waals surface area contributed by atoms with Gasteiger partial charge in [0.05, 0.1) is 0 Å². The fourth-order valence-corrected chi connectivity index (χ4v) is 2.65. The summed E-state index contributed by atoms with van der Waals surface area (Å²) in [6.07, 6.45) is 6.07. The molecular weight excluding hydrogens is 264 g/mol. The molecule has 1 fully saturated rings. The van der Waals surface area contributed by atoms with Crippen LogP contribution >= 0.6 is 0 Å². The number of piperidine rings is 1. The van der Waals surface area contributed by atoms with Crippen LogP contribution in [0, 0.1) is 6.92 Å². The predicted octanol–water partition coefficient (Wildman–Crippen LogP) is 2.13. The number of benzene rings is 1. The van der Waals surface area contributed by atoms with E-state index in [1.807, 2.05) is 4.57 Å². The van der Waals surface area contributed by atoms with Crippen molar-refractivity contribution < 1.29 is 4.74 Å². The molecule has 0 saturated carbocycles. The second-order valence-corrected chi connectivity index (χ2v) is 5.67. The quantitative estimate of drug-likeness (QED) is 0.844. The predicted molar refractivity (Wildman–Crippen MR) is 81.3 cm³/mol. The molecule has 112 valence electrons. The van der Waals surface area contributed by atoms with Gasteiger partial charge in [0, 0.05) is 26.2 Å². The Labute approximate surface area is 125 Å². The van der Waals surface area contributed by atoms with Crippen LogP contribution in [-0.2, 0) is 6.54 Å². The summed E-state index contributed by atoms with van der Waals surface area (Å²) in [6, 6.07) is 8.33. The van der Waals surface area contributed by atoms with Crippen LogP contribution in [-0.4, -0.2) is 45.4 Å². The van der Waals surface area contributed by atoms with Crippen molar-refractivity contribution in [1.29, 1.82) is 0 Å². The third kappa shape index (κ3) is 4.04. The highest BCUT2D eigenvalue weighted by Gasteiger charge is 2.20. The number of aromatic nitrogens is 3. The molecule has 2 heterocycles.